The van der Waals surface area contributed by atoms with Crippen LogP contribution in [0.5, 0.6) is 0 Å². The van der Waals surface area contributed by atoms with E-state index >= 15 is 0 Å². The first-order chi connectivity index (χ1) is 16.7. The highest BCUT2D eigenvalue weighted by Crippen LogP contribution is 2.54. The van der Waals surface area contributed by atoms with Gasteiger partial charge >= 0.3 is 0 Å². The van der Waals surface area contributed by atoms with Crippen molar-refractivity contribution in [1.29, 1.82) is 0 Å². The van der Waals surface area contributed by atoms with Crippen molar-refractivity contribution in [2.75, 3.05) is 35.2 Å². The van der Waals surface area contributed by atoms with Crippen molar-refractivity contribution in [3.8, 4) is 0 Å². The van der Waals surface area contributed by atoms with Crippen LogP contribution in [-0.2, 0) is 0 Å². The number of amides is 1. The first-order valence-corrected chi connectivity index (χ1v) is 13.6. The minimum Gasteiger partial charge on any atom is -0.394 e. The number of aromatic nitrogens is 2. The van der Waals surface area contributed by atoms with Gasteiger partial charge < -0.3 is 20.6 Å². The highest BCUT2D eigenvalue weighted by atomic mass is 32.2. The molecule has 1 saturated heterocycles. The Morgan fingerprint density at radius 2 is 1.91 bits per heavy atom. The molecule has 0 unspecified atom stereocenters. The number of aliphatic hydroxyl groups excluding tert-OH is 1. The first kappa shape index (κ1) is 24.4. The molecule has 1 aromatic carbocycles. The molecule has 3 aliphatic rings. The van der Waals surface area contributed by atoms with E-state index in [-0.39, 0.29) is 12.5 Å². The Morgan fingerprint density at radius 1 is 1.17 bits per heavy atom. The summed E-state index contributed by atoms with van der Waals surface area (Å²) in [6.07, 6.45) is 10.3. The summed E-state index contributed by atoms with van der Waals surface area (Å²) in [5.74, 6) is 0.933. The summed E-state index contributed by atoms with van der Waals surface area (Å²) >= 11 is 1.89. The van der Waals surface area contributed by atoms with Crippen LogP contribution in [0.3, 0.4) is 0 Å². The molecule has 2 saturated carbocycles. The third kappa shape index (κ3) is 5.59. The SMILES string of the molecule is CC(C)(CO)Nc1cnc(C(=O)Nc2cccc(SC3(C)CCC3)c2)c(N2CCC3(CC2)CC3)n1. The largest absolute Gasteiger partial charge is 0.394 e. The van der Waals surface area contributed by atoms with Crippen molar-refractivity contribution in [2.24, 2.45) is 5.41 Å². The predicted octanol–water partition coefficient (Wildman–Crippen LogP) is 5.33. The molecule has 188 valence electrons. The van der Waals surface area contributed by atoms with Gasteiger partial charge in [0.1, 0.15) is 5.82 Å². The standard InChI is InChI=1S/C27H37N5O2S/c1-25(2,18-33)31-21-17-28-22(23(30-21)32-14-12-27(10-11-27)13-15-32)24(34)29-19-6-4-7-20(16-19)35-26(3)8-5-9-26/h4,6-7,16-17,33H,5,8-15,18H2,1-3H3,(H,29,34)(H,30,31). The molecule has 2 aromatic rings. The molecule has 5 rings (SSSR count). The molecule has 2 aliphatic carbocycles. The van der Waals surface area contributed by atoms with E-state index in [1.165, 1.54) is 37.0 Å². The Kier molecular flexibility index (Phi) is 6.46. The zero-order valence-corrected chi connectivity index (χ0v) is 21.9. The lowest BCUT2D eigenvalue weighted by Gasteiger charge is -2.37. The Hall–Kier alpha value is -2.32. The summed E-state index contributed by atoms with van der Waals surface area (Å²) in [6.45, 7) is 7.85. The van der Waals surface area contributed by atoms with Gasteiger partial charge in [-0.05, 0) is 76.0 Å². The van der Waals surface area contributed by atoms with E-state index in [0.717, 1.165) is 31.6 Å². The number of hydrogen-bond donors (Lipinski definition) is 3. The Bertz CT molecular complexity index is 1090. The number of rotatable bonds is 8. The van der Waals surface area contributed by atoms with Gasteiger partial charge in [-0.2, -0.15) is 0 Å². The van der Waals surface area contributed by atoms with Crippen LogP contribution < -0.4 is 15.5 Å². The quantitative estimate of drug-likeness (QED) is 0.456. The second-order valence-corrected chi connectivity index (χ2v) is 13.1. The second kappa shape index (κ2) is 9.28. The summed E-state index contributed by atoms with van der Waals surface area (Å²) in [5, 5.41) is 16.0. The molecule has 0 radical (unpaired) electrons. The third-order valence-corrected chi connectivity index (χ3v) is 9.17. The molecule has 1 aliphatic heterocycles. The molecule has 35 heavy (non-hydrogen) atoms. The molecular weight excluding hydrogens is 458 g/mol. The summed E-state index contributed by atoms with van der Waals surface area (Å²) in [5.41, 5.74) is 1.10. The van der Waals surface area contributed by atoms with Gasteiger partial charge in [0.15, 0.2) is 11.5 Å². The summed E-state index contributed by atoms with van der Waals surface area (Å²) in [7, 11) is 0. The maximum absolute atomic E-state index is 13.4. The Balaban J connectivity index is 1.37. The molecule has 7 nitrogen and oxygen atoms in total. The second-order valence-electron chi connectivity index (χ2n) is 11.5. The summed E-state index contributed by atoms with van der Waals surface area (Å²) < 4.78 is 0.305. The lowest BCUT2D eigenvalue weighted by atomic mass is 9.86. The first-order valence-electron chi connectivity index (χ1n) is 12.8. The molecule has 3 N–H and O–H groups in total. The van der Waals surface area contributed by atoms with E-state index in [1.54, 1.807) is 6.20 Å². The summed E-state index contributed by atoms with van der Waals surface area (Å²) in [4.78, 5) is 26.2. The van der Waals surface area contributed by atoms with Crippen molar-refractivity contribution >= 4 is 35.0 Å². The zero-order chi connectivity index (χ0) is 24.7. The fraction of sp³-hybridized carbons (Fsp3) is 0.593. The van der Waals surface area contributed by atoms with Crippen molar-refractivity contribution in [3.63, 3.8) is 0 Å². The fourth-order valence-corrected chi connectivity index (χ4v) is 6.36. The van der Waals surface area contributed by atoms with Gasteiger partial charge in [0.05, 0.1) is 18.3 Å². The van der Waals surface area contributed by atoms with Gasteiger partial charge in [-0.1, -0.05) is 19.4 Å². The maximum atomic E-state index is 13.4. The zero-order valence-electron chi connectivity index (χ0n) is 21.1. The van der Waals surface area contributed by atoms with Crippen LogP contribution in [0.4, 0.5) is 17.3 Å². The minimum atomic E-state index is -0.537. The number of anilines is 3. The molecule has 0 atom stereocenters. The van der Waals surface area contributed by atoms with Crippen LogP contribution in [0.25, 0.3) is 0 Å². The smallest absolute Gasteiger partial charge is 0.278 e. The number of carbonyl (C=O) groups excluding carboxylic acids is 1. The fourth-order valence-electron chi connectivity index (χ4n) is 4.96. The van der Waals surface area contributed by atoms with Crippen molar-refractivity contribution in [3.05, 3.63) is 36.2 Å². The predicted molar refractivity (Wildman–Crippen MR) is 142 cm³/mol. The van der Waals surface area contributed by atoms with Gasteiger partial charge in [0, 0.05) is 28.4 Å². The van der Waals surface area contributed by atoms with Gasteiger partial charge in [-0.25, -0.2) is 9.97 Å². The molecule has 8 heteroatoms. The number of carbonyl (C=O) groups is 1. The average molecular weight is 496 g/mol. The van der Waals surface area contributed by atoms with Crippen LogP contribution in [0.15, 0.2) is 35.4 Å². The highest BCUT2D eigenvalue weighted by molar-refractivity contribution is 8.00. The lowest BCUT2D eigenvalue weighted by Crippen LogP contribution is -2.38. The monoisotopic (exact) mass is 495 g/mol. The molecular formula is C27H37N5O2S. The Labute approximate surface area is 212 Å². The van der Waals surface area contributed by atoms with Gasteiger partial charge in [-0.3, -0.25) is 4.79 Å². The molecule has 1 aromatic heterocycles. The van der Waals surface area contributed by atoms with Crippen molar-refractivity contribution < 1.29 is 9.90 Å². The molecule has 1 spiro atoms. The number of aliphatic hydroxyl groups is 1. The van der Waals surface area contributed by atoms with E-state index in [1.807, 2.05) is 37.7 Å². The van der Waals surface area contributed by atoms with Crippen molar-refractivity contribution in [2.45, 2.75) is 80.9 Å². The third-order valence-electron chi connectivity index (χ3n) is 7.78. The average Bonchev–Trinajstić information content (AvgIpc) is 3.57. The van der Waals surface area contributed by atoms with Crippen LogP contribution in [0.2, 0.25) is 0 Å². The van der Waals surface area contributed by atoms with Gasteiger partial charge in [0.2, 0.25) is 0 Å². The topological polar surface area (TPSA) is 90.4 Å². The molecule has 3 fully saturated rings. The minimum absolute atomic E-state index is 0.0358. The van der Waals surface area contributed by atoms with Crippen LogP contribution in [0.1, 0.15) is 76.2 Å². The highest BCUT2D eigenvalue weighted by Gasteiger charge is 2.45. The lowest BCUT2D eigenvalue weighted by molar-refractivity contribution is 0.102. The van der Waals surface area contributed by atoms with E-state index in [0.29, 0.717) is 27.5 Å². The number of thioether (sulfide) groups is 1. The number of nitrogens with one attached hydrogen (secondary N) is 2. The van der Waals surface area contributed by atoms with Crippen LogP contribution in [0, 0.1) is 5.41 Å². The van der Waals surface area contributed by atoms with E-state index in [4.69, 9.17) is 4.98 Å². The molecule has 0 bridgehead atoms. The summed E-state index contributed by atoms with van der Waals surface area (Å²) in [6, 6.07) is 8.09. The number of benzene rings is 1. The molecule has 1 amide bonds. The number of piperidine rings is 1. The van der Waals surface area contributed by atoms with E-state index in [9.17, 15) is 9.90 Å². The number of nitrogens with zero attached hydrogens (tertiary/aromatic N) is 3. The van der Waals surface area contributed by atoms with E-state index in [2.05, 4.69) is 39.6 Å². The van der Waals surface area contributed by atoms with E-state index < -0.39 is 5.54 Å². The van der Waals surface area contributed by atoms with Gasteiger partial charge in [0.25, 0.3) is 5.91 Å². The van der Waals surface area contributed by atoms with Crippen LogP contribution in [-0.4, -0.2) is 51.0 Å². The normalized spacial score (nSPS) is 20.3. The Morgan fingerprint density at radius 3 is 2.54 bits per heavy atom. The maximum Gasteiger partial charge on any atom is 0.278 e. The number of hydrogen-bond acceptors (Lipinski definition) is 7. The van der Waals surface area contributed by atoms with Gasteiger partial charge in [-0.15, -0.1) is 11.8 Å². The van der Waals surface area contributed by atoms with Crippen molar-refractivity contribution in [1.82, 2.24) is 9.97 Å². The van der Waals surface area contributed by atoms with Crippen LogP contribution >= 0.6 is 11.8 Å². The molecule has 2 heterocycles.